The van der Waals surface area contributed by atoms with Gasteiger partial charge in [-0.05, 0) is 55.1 Å². The average Bonchev–Trinajstić information content (AvgIpc) is 2.51. The van der Waals surface area contributed by atoms with Crippen molar-refractivity contribution in [1.29, 1.82) is 0 Å². The van der Waals surface area contributed by atoms with E-state index in [0.717, 1.165) is 20.1 Å². The second-order valence-corrected chi connectivity index (χ2v) is 6.20. The van der Waals surface area contributed by atoms with Crippen LogP contribution in [0.2, 0.25) is 0 Å². The minimum absolute atomic E-state index is 0.305. The number of nitrogens with one attached hydrogen (secondary N) is 1. The number of ether oxygens (including phenoxy) is 1. The van der Waals surface area contributed by atoms with Gasteiger partial charge >= 0.3 is 5.97 Å². The average molecular weight is 413 g/mol. The van der Waals surface area contributed by atoms with Gasteiger partial charge in [0.25, 0.3) is 0 Å². The van der Waals surface area contributed by atoms with Gasteiger partial charge in [-0.25, -0.2) is 4.79 Å². The normalized spacial score (nSPS) is 12.0. The molecule has 110 valence electrons. The number of hydrogen-bond donors (Lipinski definition) is 1. The second kappa shape index (κ2) is 7.73. The van der Waals surface area contributed by atoms with E-state index >= 15 is 0 Å². The Balaban J connectivity index is 2.18. The molecule has 5 heteroatoms. The van der Waals surface area contributed by atoms with Crippen molar-refractivity contribution in [2.24, 2.45) is 0 Å². The fourth-order valence-corrected chi connectivity index (χ4v) is 2.61. The number of halogens is 2. The van der Waals surface area contributed by atoms with Crippen molar-refractivity contribution in [3.63, 3.8) is 0 Å². The van der Waals surface area contributed by atoms with Gasteiger partial charge in [0.2, 0.25) is 0 Å². The largest absolute Gasteiger partial charge is 0.468 e. The Morgan fingerprint density at radius 2 is 1.86 bits per heavy atom. The van der Waals surface area contributed by atoms with Crippen LogP contribution in [-0.2, 0) is 16.1 Å². The third-order valence-corrected chi connectivity index (χ3v) is 4.95. The maximum absolute atomic E-state index is 12.0. The lowest BCUT2D eigenvalue weighted by Crippen LogP contribution is -2.29. The smallest absolute Gasteiger partial charge is 0.327 e. The molecule has 0 aliphatic heterocycles. The minimum Gasteiger partial charge on any atom is -0.468 e. The van der Waals surface area contributed by atoms with Crippen LogP contribution in [0, 0.1) is 0 Å². The summed E-state index contributed by atoms with van der Waals surface area (Å²) in [7, 11) is 1.40. The van der Waals surface area contributed by atoms with Crippen LogP contribution in [0.1, 0.15) is 17.2 Å². The van der Waals surface area contributed by atoms with Gasteiger partial charge in [0, 0.05) is 15.5 Å². The molecule has 0 fully saturated rings. The predicted octanol–water partition coefficient (Wildman–Crippen LogP) is 4.22. The lowest BCUT2D eigenvalue weighted by atomic mass is 10.1. The topological polar surface area (TPSA) is 38.3 Å². The number of hydrogen-bond acceptors (Lipinski definition) is 3. The molecule has 0 aliphatic carbocycles. The molecule has 0 aromatic heterocycles. The zero-order chi connectivity index (χ0) is 15.2. The number of carbonyl (C=O) groups excluding carboxylic acids is 1. The summed E-state index contributed by atoms with van der Waals surface area (Å²) in [4.78, 5) is 12.0. The van der Waals surface area contributed by atoms with Crippen LogP contribution >= 0.6 is 31.9 Å². The third kappa shape index (κ3) is 4.40. The molecule has 2 aromatic rings. The highest BCUT2D eigenvalue weighted by molar-refractivity contribution is 9.13. The van der Waals surface area contributed by atoms with E-state index in [9.17, 15) is 4.79 Å². The summed E-state index contributed by atoms with van der Waals surface area (Å²) in [5.74, 6) is -0.305. The van der Waals surface area contributed by atoms with E-state index in [4.69, 9.17) is 4.74 Å². The lowest BCUT2D eigenvalue weighted by Gasteiger charge is -2.17. The van der Waals surface area contributed by atoms with Gasteiger partial charge < -0.3 is 4.74 Å². The van der Waals surface area contributed by atoms with E-state index in [0.29, 0.717) is 6.54 Å². The molecule has 21 heavy (non-hydrogen) atoms. The molecule has 2 rings (SSSR count). The first-order valence-electron chi connectivity index (χ1n) is 6.42. The van der Waals surface area contributed by atoms with Crippen molar-refractivity contribution in [3.8, 4) is 0 Å². The van der Waals surface area contributed by atoms with Gasteiger partial charge in [0.1, 0.15) is 6.04 Å². The number of methoxy groups -OCH3 is 1. The summed E-state index contributed by atoms with van der Waals surface area (Å²) in [5.41, 5.74) is 1.97. The molecule has 1 unspecified atom stereocenters. The number of esters is 1. The highest BCUT2D eigenvalue weighted by atomic mass is 79.9. The molecular weight excluding hydrogens is 398 g/mol. The van der Waals surface area contributed by atoms with Crippen molar-refractivity contribution in [2.45, 2.75) is 12.6 Å². The Morgan fingerprint density at radius 3 is 2.48 bits per heavy atom. The van der Waals surface area contributed by atoms with Crippen molar-refractivity contribution >= 4 is 37.8 Å². The van der Waals surface area contributed by atoms with Gasteiger partial charge in [0.05, 0.1) is 7.11 Å². The first kappa shape index (κ1) is 16.2. The molecule has 0 heterocycles. The van der Waals surface area contributed by atoms with Crippen LogP contribution in [0.25, 0.3) is 0 Å². The minimum atomic E-state index is -0.500. The Morgan fingerprint density at radius 1 is 1.14 bits per heavy atom. The molecule has 3 nitrogen and oxygen atoms in total. The van der Waals surface area contributed by atoms with E-state index in [1.165, 1.54) is 7.11 Å². The standard InChI is InChI=1S/C16H15Br2NO2/c1-21-16(20)15(12-7-8-13(17)14(18)9-12)19-10-11-5-3-2-4-6-11/h2-9,15,19H,10H2,1H3. The highest BCUT2D eigenvalue weighted by Crippen LogP contribution is 2.27. The third-order valence-electron chi connectivity index (χ3n) is 3.07. The molecule has 2 aromatic carbocycles. The Labute approximate surface area is 141 Å². The van der Waals surface area contributed by atoms with Crippen LogP contribution in [-0.4, -0.2) is 13.1 Å². The first-order chi connectivity index (χ1) is 10.1. The summed E-state index contributed by atoms with van der Waals surface area (Å²) in [6, 6.07) is 15.1. The Kier molecular flexibility index (Phi) is 5.96. The number of benzene rings is 2. The van der Waals surface area contributed by atoms with Gasteiger partial charge in [0.15, 0.2) is 0 Å². The molecule has 1 atom stereocenters. The summed E-state index contributed by atoms with van der Waals surface area (Å²) in [6.07, 6.45) is 0. The number of rotatable bonds is 5. The van der Waals surface area contributed by atoms with Gasteiger partial charge in [-0.1, -0.05) is 36.4 Å². The van der Waals surface area contributed by atoms with Crippen LogP contribution in [0.4, 0.5) is 0 Å². The summed E-state index contributed by atoms with van der Waals surface area (Å²) < 4.78 is 6.74. The molecule has 0 bridgehead atoms. The zero-order valence-corrected chi connectivity index (χ0v) is 14.6. The van der Waals surface area contributed by atoms with Crippen LogP contribution in [0.5, 0.6) is 0 Å². The molecule has 0 radical (unpaired) electrons. The summed E-state index contributed by atoms with van der Waals surface area (Å²) >= 11 is 6.88. The fourth-order valence-electron chi connectivity index (χ4n) is 1.96. The van der Waals surface area contributed by atoms with Crippen molar-refractivity contribution in [2.75, 3.05) is 7.11 Å². The highest BCUT2D eigenvalue weighted by Gasteiger charge is 2.21. The molecule has 0 saturated carbocycles. The molecule has 0 saturated heterocycles. The van der Waals surface area contributed by atoms with Crippen molar-refractivity contribution in [3.05, 3.63) is 68.6 Å². The Hall–Kier alpha value is -1.17. The second-order valence-electron chi connectivity index (χ2n) is 4.50. The van der Waals surface area contributed by atoms with E-state index in [1.807, 2.05) is 48.5 Å². The SMILES string of the molecule is COC(=O)C(NCc1ccccc1)c1ccc(Br)c(Br)c1. The molecular formula is C16H15Br2NO2. The maximum atomic E-state index is 12.0. The van der Waals surface area contributed by atoms with Gasteiger partial charge in [-0.15, -0.1) is 0 Å². The van der Waals surface area contributed by atoms with Crippen LogP contribution < -0.4 is 5.32 Å². The van der Waals surface area contributed by atoms with Gasteiger partial charge in [-0.3, -0.25) is 5.32 Å². The summed E-state index contributed by atoms with van der Waals surface area (Å²) in [6.45, 7) is 0.592. The monoisotopic (exact) mass is 411 g/mol. The van der Waals surface area contributed by atoms with E-state index in [-0.39, 0.29) is 5.97 Å². The van der Waals surface area contributed by atoms with Gasteiger partial charge in [-0.2, -0.15) is 0 Å². The fraction of sp³-hybridized carbons (Fsp3) is 0.188. The zero-order valence-electron chi connectivity index (χ0n) is 11.5. The van der Waals surface area contributed by atoms with Crippen LogP contribution in [0.15, 0.2) is 57.5 Å². The van der Waals surface area contributed by atoms with E-state index in [2.05, 4.69) is 37.2 Å². The van der Waals surface area contributed by atoms with E-state index < -0.39 is 6.04 Å². The predicted molar refractivity (Wildman–Crippen MR) is 89.9 cm³/mol. The van der Waals surface area contributed by atoms with E-state index in [1.54, 1.807) is 0 Å². The quantitative estimate of drug-likeness (QED) is 0.747. The molecule has 0 amide bonds. The van der Waals surface area contributed by atoms with Crippen molar-refractivity contribution in [1.82, 2.24) is 5.32 Å². The van der Waals surface area contributed by atoms with Crippen molar-refractivity contribution < 1.29 is 9.53 Å². The Bertz CT molecular complexity index is 617. The number of carbonyl (C=O) groups is 1. The lowest BCUT2D eigenvalue weighted by molar-refractivity contribution is -0.143. The molecule has 1 N–H and O–H groups in total. The molecule has 0 spiro atoms. The first-order valence-corrected chi connectivity index (χ1v) is 8.00. The molecule has 0 aliphatic rings. The maximum Gasteiger partial charge on any atom is 0.327 e. The summed E-state index contributed by atoms with van der Waals surface area (Å²) in [5, 5.41) is 3.24. The van der Waals surface area contributed by atoms with Crippen LogP contribution in [0.3, 0.4) is 0 Å².